The number of hydrogen-bond acceptors (Lipinski definition) is 6. The first-order valence-corrected chi connectivity index (χ1v) is 23.6. The van der Waals surface area contributed by atoms with E-state index in [1.54, 1.807) is 0 Å². The van der Waals surface area contributed by atoms with Crippen molar-refractivity contribution in [3.8, 4) is 45.0 Å². The summed E-state index contributed by atoms with van der Waals surface area (Å²) < 4.78 is 4.11. The summed E-state index contributed by atoms with van der Waals surface area (Å²) >= 11 is 0. The molecule has 0 unspecified atom stereocenters. The molecule has 0 spiro atoms. The molecule has 7 aromatic carbocycles. The van der Waals surface area contributed by atoms with E-state index in [1.807, 2.05) is 73.1 Å². The van der Waals surface area contributed by atoms with E-state index in [-0.39, 0.29) is 0 Å². The Morgan fingerprint density at radius 3 is 0.986 bits per heavy atom. The van der Waals surface area contributed by atoms with E-state index in [1.165, 1.54) is 22.3 Å². The minimum Gasteiger partial charge on any atom is -0.310 e. The third kappa shape index (κ3) is 8.11. The Hall–Kier alpha value is -9.14. The van der Waals surface area contributed by atoms with Gasteiger partial charge in [-0.3, -0.25) is 0 Å². The molecule has 0 aliphatic carbocycles. The van der Waals surface area contributed by atoms with E-state index in [0.29, 0.717) is 0 Å². The highest BCUT2D eigenvalue weighted by molar-refractivity contribution is 5.89. The Kier molecular flexibility index (Phi) is 10.6. The molecule has 0 fully saturated rings. The number of pyridine rings is 2. The van der Waals surface area contributed by atoms with Gasteiger partial charge in [0.15, 0.2) is 0 Å². The molecule has 0 bridgehead atoms. The van der Waals surface area contributed by atoms with Gasteiger partial charge in [-0.2, -0.15) is 0 Å². The first kappa shape index (κ1) is 42.2. The second kappa shape index (κ2) is 17.5. The van der Waals surface area contributed by atoms with Crippen molar-refractivity contribution >= 4 is 56.5 Å². The number of aromatic nitrogens is 6. The van der Waals surface area contributed by atoms with Crippen molar-refractivity contribution in [2.24, 2.45) is 0 Å². The van der Waals surface area contributed by atoms with Gasteiger partial charge in [0.25, 0.3) is 0 Å². The van der Waals surface area contributed by atoms with E-state index < -0.39 is 0 Å². The molecule has 5 aromatic heterocycles. The number of benzene rings is 7. The van der Waals surface area contributed by atoms with E-state index >= 15 is 0 Å². The molecule has 336 valence electrons. The summed E-state index contributed by atoms with van der Waals surface area (Å²) in [5.41, 5.74) is 22.3. The van der Waals surface area contributed by atoms with Gasteiger partial charge < -0.3 is 18.6 Å². The van der Waals surface area contributed by atoms with Gasteiger partial charge in [-0.05, 0) is 159 Å². The van der Waals surface area contributed by atoms with Crippen LogP contribution in [0.3, 0.4) is 0 Å². The standard InChI is InChI=1S/C62H48N8/c1-41-33-42(2)36-53(35-41)69(49-23-15-45(16-24-49)57-39-67-31-9-7-13-59(67)63-57)51-27-19-47(20-28-51)61-62(66-56-12-6-5-11-55(56)65-61)48-21-29-52(30-22-48)70(54-37-43(3)34-44(4)38-54)50-25-17-46(18-26-50)58-40-68-32-10-8-14-60(68)64-58/h5-40H,1-4H3. The molecule has 8 heteroatoms. The van der Waals surface area contributed by atoms with Gasteiger partial charge in [0.2, 0.25) is 0 Å². The quantitative estimate of drug-likeness (QED) is 0.136. The molecule has 70 heavy (non-hydrogen) atoms. The van der Waals surface area contributed by atoms with Gasteiger partial charge in [-0.1, -0.05) is 84.9 Å². The topological polar surface area (TPSA) is 66.9 Å². The first-order chi connectivity index (χ1) is 34.3. The maximum atomic E-state index is 5.31. The molecule has 0 aliphatic heterocycles. The molecule has 0 atom stereocenters. The average molecular weight is 905 g/mol. The van der Waals surface area contributed by atoms with E-state index in [0.717, 1.165) is 101 Å². The Morgan fingerprint density at radius 1 is 0.314 bits per heavy atom. The van der Waals surface area contributed by atoms with Crippen molar-refractivity contribution < 1.29 is 0 Å². The van der Waals surface area contributed by atoms with Crippen LogP contribution in [-0.4, -0.2) is 28.7 Å². The second-order valence-electron chi connectivity index (χ2n) is 18.1. The molecule has 0 saturated heterocycles. The van der Waals surface area contributed by atoms with Crippen LogP contribution in [0, 0.1) is 27.7 Å². The summed E-state index contributed by atoms with van der Waals surface area (Å²) in [5, 5.41) is 0. The minimum atomic E-state index is 0.821. The van der Waals surface area contributed by atoms with E-state index in [9.17, 15) is 0 Å². The van der Waals surface area contributed by atoms with Crippen LogP contribution in [0.15, 0.2) is 219 Å². The summed E-state index contributed by atoms with van der Waals surface area (Å²) in [7, 11) is 0. The summed E-state index contributed by atoms with van der Waals surface area (Å²) in [6.45, 7) is 8.61. The largest absolute Gasteiger partial charge is 0.310 e. The van der Waals surface area contributed by atoms with Crippen LogP contribution < -0.4 is 9.80 Å². The fraction of sp³-hybridized carbons (Fsp3) is 0.0645. The smallest absolute Gasteiger partial charge is 0.137 e. The zero-order chi connectivity index (χ0) is 47.3. The fourth-order valence-electron chi connectivity index (χ4n) is 9.70. The molecule has 0 saturated carbocycles. The van der Waals surface area contributed by atoms with Gasteiger partial charge in [0, 0.05) is 81.2 Å². The van der Waals surface area contributed by atoms with Gasteiger partial charge in [0.05, 0.1) is 33.8 Å². The van der Waals surface area contributed by atoms with Gasteiger partial charge in [-0.15, -0.1) is 0 Å². The van der Waals surface area contributed by atoms with Crippen LogP contribution in [0.25, 0.3) is 67.4 Å². The van der Waals surface area contributed by atoms with Crippen LogP contribution >= 0.6 is 0 Å². The Balaban J connectivity index is 0.904. The van der Waals surface area contributed by atoms with Crippen molar-refractivity contribution in [2.45, 2.75) is 27.7 Å². The molecule has 12 rings (SSSR count). The molecule has 0 radical (unpaired) electrons. The SMILES string of the molecule is Cc1cc(C)cc(N(c2ccc(-c3cn4ccccc4n3)cc2)c2ccc(-c3nc4ccccc4nc3-c3ccc(N(c4ccc(-c5cn6ccccc6n5)cc4)c4cc(C)cc(C)c4)cc3)cc2)c1. The lowest BCUT2D eigenvalue weighted by Gasteiger charge is -2.27. The lowest BCUT2D eigenvalue weighted by molar-refractivity contribution is 1.19. The Labute approximate surface area is 407 Å². The fourth-order valence-corrected chi connectivity index (χ4v) is 9.70. The van der Waals surface area contributed by atoms with Crippen molar-refractivity contribution in [3.63, 3.8) is 0 Å². The van der Waals surface area contributed by atoms with Crippen molar-refractivity contribution in [1.29, 1.82) is 0 Å². The highest BCUT2D eigenvalue weighted by Gasteiger charge is 2.20. The van der Waals surface area contributed by atoms with Gasteiger partial charge in [-0.25, -0.2) is 19.9 Å². The Morgan fingerprint density at radius 2 is 0.643 bits per heavy atom. The normalized spacial score (nSPS) is 11.4. The molecule has 12 aromatic rings. The zero-order valence-electron chi connectivity index (χ0n) is 39.4. The third-order valence-electron chi connectivity index (χ3n) is 12.9. The zero-order valence-corrected chi connectivity index (χ0v) is 39.4. The summed E-state index contributed by atoms with van der Waals surface area (Å²) in [6.07, 6.45) is 8.22. The van der Waals surface area contributed by atoms with E-state index in [4.69, 9.17) is 19.9 Å². The van der Waals surface area contributed by atoms with Crippen LogP contribution in [0.1, 0.15) is 22.3 Å². The molecule has 8 nitrogen and oxygen atoms in total. The van der Waals surface area contributed by atoms with Gasteiger partial charge >= 0.3 is 0 Å². The number of hydrogen-bond donors (Lipinski definition) is 0. The van der Waals surface area contributed by atoms with Crippen molar-refractivity contribution in [2.75, 3.05) is 9.80 Å². The number of fused-ring (bicyclic) bond motifs is 3. The summed E-state index contributed by atoms with van der Waals surface area (Å²) in [5.74, 6) is 0. The molecular weight excluding hydrogens is 857 g/mol. The number of aryl methyl sites for hydroxylation is 4. The van der Waals surface area contributed by atoms with Crippen molar-refractivity contribution in [1.82, 2.24) is 28.7 Å². The maximum absolute atomic E-state index is 5.31. The van der Waals surface area contributed by atoms with Crippen LogP contribution in [0.2, 0.25) is 0 Å². The predicted molar refractivity (Wildman–Crippen MR) is 287 cm³/mol. The summed E-state index contributed by atoms with van der Waals surface area (Å²) in [4.78, 5) is 25.0. The maximum Gasteiger partial charge on any atom is 0.137 e. The predicted octanol–water partition coefficient (Wildman–Crippen LogP) is 15.8. The summed E-state index contributed by atoms with van der Waals surface area (Å²) in [6, 6.07) is 68.4. The van der Waals surface area contributed by atoms with Crippen LogP contribution in [0.5, 0.6) is 0 Å². The number of imidazole rings is 2. The van der Waals surface area contributed by atoms with Crippen LogP contribution in [-0.2, 0) is 0 Å². The molecule has 0 aliphatic rings. The number of nitrogens with zero attached hydrogens (tertiary/aromatic N) is 8. The monoisotopic (exact) mass is 904 g/mol. The third-order valence-corrected chi connectivity index (χ3v) is 12.9. The second-order valence-corrected chi connectivity index (χ2v) is 18.1. The lowest BCUT2D eigenvalue weighted by Crippen LogP contribution is -2.10. The average Bonchev–Trinajstić information content (AvgIpc) is 4.02. The van der Waals surface area contributed by atoms with Crippen LogP contribution in [0.4, 0.5) is 34.1 Å². The minimum absolute atomic E-state index is 0.821. The number of rotatable bonds is 10. The Bertz CT molecular complexity index is 3510. The van der Waals surface area contributed by atoms with E-state index in [2.05, 4.69) is 192 Å². The highest BCUT2D eigenvalue weighted by Crippen LogP contribution is 2.41. The number of para-hydroxylation sites is 2. The first-order valence-electron chi connectivity index (χ1n) is 23.6. The number of anilines is 6. The highest BCUT2D eigenvalue weighted by atomic mass is 15.1. The van der Waals surface area contributed by atoms with Crippen molar-refractivity contribution in [3.05, 3.63) is 241 Å². The van der Waals surface area contributed by atoms with Gasteiger partial charge in [0.1, 0.15) is 11.3 Å². The molecule has 0 amide bonds. The molecule has 5 heterocycles. The molecular formula is C62H48N8. The lowest BCUT2D eigenvalue weighted by atomic mass is 10.0. The molecule has 0 N–H and O–H groups in total.